The Hall–Kier alpha value is -1.87. The molecule has 0 N–H and O–H groups in total. The first-order valence-electron chi connectivity index (χ1n) is 4.98. The molecular formula is C12H7Cl2N3O. The normalized spacial score (nSPS) is 9.67. The molecule has 0 aliphatic rings. The SMILES string of the molecule is [N-]=[N+]=Nc1ccccc1Oc1ccc(Cl)cc1Cl. The Kier molecular flexibility index (Phi) is 3.95. The monoisotopic (exact) mass is 279 g/mol. The summed E-state index contributed by atoms with van der Waals surface area (Å²) in [6.07, 6.45) is 0. The standard InChI is InChI=1S/C12H7Cl2N3O/c13-8-5-6-11(9(14)7-8)18-12-4-2-1-3-10(12)16-17-15/h1-7H. The summed E-state index contributed by atoms with van der Waals surface area (Å²) in [5, 5.41) is 4.45. The summed E-state index contributed by atoms with van der Waals surface area (Å²) in [6, 6.07) is 11.8. The molecule has 90 valence electrons. The average Bonchev–Trinajstić information content (AvgIpc) is 2.35. The molecule has 0 unspecified atom stereocenters. The maximum absolute atomic E-state index is 8.46. The van der Waals surface area contributed by atoms with Crippen molar-refractivity contribution >= 4 is 28.9 Å². The lowest BCUT2D eigenvalue weighted by Gasteiger charge is -2.09. The fourth-order valence-corrected chi connectivity index (χ4v) is 1.80. The number of para-hydroxylation sites is 1. The highest BCUT2D eigenvalue weighted by Gasteiger charge is 2.06. The van der Waals surface area contributed by atoms with Crippen LogP contribution in [0.25, 0.3) is 10.4 Å². The van der Waals surface area contributed by atoms with Gasteiger partial charge < -0.3 is 4.74 Å². The van der Waals surface area contributed by atoms with Crippen molar-refractivity contribution in [3.8, 4) is 11.5 Å². The largest absolute Gasteiger partial charge is 0.455 e. The second-order valence-electron chi connectivity index (χ2n) is 3.33. The Morgan fingerprint density at radius 2 is 1.83 bits per heavy atom. The topological polar surface area (TPSA) is 58.0 Å². The van der Waals surface area contributed by atoms with Crippen molar-refractivity contribution in [2.24, 2.45) is 5.11 Å². The molecule has 0 atom stereocenters. The van der Waals surface area contributed by atoms with Gasteiger partial charge in [-0.1, -0.05) is 40.4 Å². The molecule has 2 rings (SSSR count). The molecule has 0 aliphatic carbocycles. The maximum atomic E-state index is 8.46. The summed E-state index contributed by atoms with van der Waals surface area (Å²) < 4.78 is 5.59. The number of halogens is 2. The highest BCUT2D eigenvalue weighted by molar-refractivity contribution is 6.35. The van der Waals surface area contributed by atoms with E-state index in [0.29, 0.717) is 27.2 Å². The Bertz CT molecular complexity index is 624. The second kappa shape index (κ2) is 5.65. The molecule has 0 saturated carbocycles. The molecule has 0 heterocycles. The van der Waals surface area contributed by atoms with E-state index in [9.17, 15) is 0 Å². The second-order valence-corrected chi connectivity index (χ2v) is 4.18. The predicted octanol–water partition coefficient (Wildman–Crippen LogP) is 5.73. The molecule has 0 aliphatic heterocycles. The first kappa shape index (κ1) is 12.6. The van der Waals surface area contributed by atoms with Gasteiger partial charge in [-0.2, -0.15) is 0 Å². The number of nitrogens with zero attached hydrogens (tertiary/aromatic N) is 3. The van der Waals surface area contributed by atoms with Gasteiger partial charge in [-0.3, -0.25) is 0 Å². The zero-order valence-electron chi connectivity index (χ0n) is 9.05. The van der Waals surface area contributed by atoms with E-state index in [0.717, 1.165) is 0 Å². The lowest BCUT2D eigenvalue weighted by Crippen LogP contribution is -1.85. The van der Waals surface area contributed by atoms with Crippen molar-refractivity contribution in [3.63, 3.8) is 0 Å². The number of azide groups is 1. The van der Waals surface area contributed by atoms with Gasteiger partial charge in [0.15, 0.2) is 0 Å². The molecule has 18 heavy (non-hydrogen) atoms. The Morgan fingerprint density at radius 3 is 2.56 bits per heavy atom. The van der Waals surface area contributed by atoms with Crippen LogP contribution in [-0.2, 0) is 0 Å². The molecule has 0 saturated heterocycles. The van der Waals surface area contributed by atoms with Gasteiger partial charge >= 0.3 is 0 Å². The van der Waals surface area contributed by atoms with E-state index in [1.165, 1.54) is 0 Å². The van der Waals surface area contributed by atoms with Gasteiger partial charge in [0.2, 0.25) is 0 Å². The van der Waals surface area contributed by atoms with Crippen LogP contribution in [0.5, 0.6) is 11.5 Å². The van der Waals surface area contributed by atoms with E-state index < -0.39 is 0 Å². The fourth-order valence-electron chi connectivity index (χ4n) is 1.35. The van der Waals surface area contributed by atoms with Crippen molar-refractivity contribution < 1.29 is 4.74 Å². The van der Waals surface area contributed by atoms with Crippen LogP contribution >= 0.6 is 23.2 Å². The minimum Gasteiger partial charge on any atom is -0.455 e. The molecule has 0 spiro atoms. The Morgan fingerprint density at radius 1 is 1.06 bits per heavy atom. The van der Waals surface area contributed by atoms with Crippen molar-refractivity contribution in [1.82, 2.24) is 0 Å². The highest BCUT2D eigenvalue weighted by atomic mass is 35.5. The predicted molar refractivity (Wildman–Crippen MR) is 71.8 cm³/mol. The van der Waals surface area contributed by atoms with Crippen molar-refractivity contribution in [1.29, 1.82) is 0 Å². The number of benzene rings is 2. The van der Waals surface area contributed by atoms with Crippen LogP contribution in [0.1, 0.15) is 0 Å². The van der Waals surface area contributed by atoms with Gasteiger partial charge in [0.05, 0.1) is 10.7 Å². The van der Waals surface area contributed by atoms with Gasteiger partial charge in [0.1, 0.15) is 11.5 Å². The minimum absolute atomic E-state index is 0.387. The van der Waals surface area contributed by atoms with Gasteiger partial charge in [-0.25, -0.2) is 0 Å². The van der Waals surface area contributed by atoms with Crippen LogP contribution in [-0.4, -0.2) is 0 Å². The Labute approximate surface area is 113 Å². The fraction of sp³-hybridized carbons (Fsp3) is 0. The molecule has 2 aromatic rings. The summed E-state index contributed by atoms with van der Waals surface area (Å²) in [6.45, 7) is 0. The van der Waals surface area contributed by atoms with Crippen molar-refractivity contribution in [2.45, 2.75) is 0 Å². The van der Waals surface area contributed by atoms with Crippen LogP contribution in [0.2, 0.25) is 10.0 Å². The van der Waals surface area contributed by atoms with Crippen LogP contribution in [0, 0.1) is 0 Å². The summed E-state index contributed by atoms with van der Waals surface area (Å²) in [4.78, 5) is 2.74. The van der Waals surface area contributed by atoms with E-state index >= 15 is 0 Å². The van der Waals surface area contributed by atoms with Crippen LogP contribution in [0.3, 0.4) is 0 Å². The first-order valence-corrected chi connectivity index (χ1v) is 5.73. The summed E-state index contributed by atoms with van der Waals surface area (Å²) in [5.74, 6) is 0.876. The van der Waals surface area contributed by atoms with E-state index in [4.69, 9.17) is 33.5 Å². The number of hydrogen-bond donors (Lipinski definition) is 0. The van der Waals surface area contributed by atoms with Crippen LogP contribution in [0.4, 0.5) is 5.69 Å². The molecule has 4 nitrogen and oxygen atoms in total. The van der Waals surface area contributed by atoms with Gasteiger partial charge in [0.25, 0.3) is 0 Å². The van der Waals surface area contributed by atoms with E-state index in [2.05, 4.69) is 10.0 Å². The zero-order chi connectivity index (χ0) is 13.0. The molecule has 0 aromatic heterocycles. The summed E-state index contributed by atoms with van der Waals surface area (Å²) in [5.41, 5.74) is 8.85. The smallest absolute Gasteiger partial charge is 0.146 e. The van der Waals surface area contributed by atoms with Crippen molar-refractivity contribution in [3.05, 3.63) is 63.0 Å². The van der Waals surface area contributed by atoms with Gasteiger partial charge in [-0.05, 0) is 35.9 Å². The van der Waals surface area contributed by atoms with Gasteiger partial charge in [0, 0.05) is 9.93 Å². The number of hydrogen-bond acceptors (Lipinski definition) is 2. The third kappa shape index (κ3) is 2.87. The minimum atomic E-state index is 0.387. The Balaban J connectivity index is 2.36. The van der Waals surface area contributed by atoms with E-state index in [1.807, 2.05) is 0 Å². The van der Waals surface area contributed by atoms with E-state index in [1.54, 1.807) is 42.5 Å². The molecule has 0 amide bonds. The average molecular weight is 280 g/mol. The molecule has 0 radical (unpaired) electrons. The maximum Gasteiger partial charge on any atom is 0.146 e. The zero-order valence-corrected chi connectivity index (χ0v) is 10.6. The molecule has 0 bridgehead atoms. The van der Waals surface area contributed by atoms with Crippen LogP contribution in [0.15, 0.2) is 47.6 Å². The van der Waals surface area contributed by atoms with Gasteiger partial charge in [-0.15, -0.1) is 0 Å². The molecule has 2 aromatic carbocycles. The lowest BCUT2D eigenvalue weighted by atomic mass is 10.3. The quantitative estimate of drug-likeness (QED) is 0.402. The molecule has 6 heteroatoms. The van der Waals surface area contributed by atoms with Crippen molar-refractivity contribution in [2.75, 3.05) is 0 Å². The first-order chi connectivity index (χ1) is 8.70. The highest BCUT2D eigenvalue weighted by Crippen LogP contribution is 2.36. The van der Waals surface area contributed by atoms with E-state index in [-0.39, 0.29) is 0 Å². The third-order valence-corrected chi connectivity index (χ3v) is 2.66. The molecule has 0 fully saturated rings. The summed E-state index contributed by atoms with van der Waals surface area (Å²) in [7, 11) is 0. The summed E-state index contributed by atoms with van der Waals surface area (Å²) >= 11 is 11.8. The molecular weight excluding hydrogens is 273 g/mol. The number of ether oxygens (including phenoxy) is 1. The third-order valence-electron chi connectivity index (χ3n) is 2.13. The lowest BCUT2D eigenvalue weighted by molar-refractivity contribution is 0.484. The number of rotatable bonds is 3. The van der Waals surface area contributed by atoms with Crippen LogP contribution < -0.4 is 4.74 Å².